The predicted octanol–water partition coefficient (Wildman–Crippen LogP) is 1.13. The normalized spacial score (nSPS) is 44.4. The van der Waals surface area contributed by atoms with Crippen molar-refractivity contribution in [2.45, 2.75) is 152 Å². The van der Waals surface area contributed by atoms with Gasteiger partial charge in [-0.05, 0) is 92.8 Å². The molecule has 5 saturated heterocycles. The summed E-state index contributed by atoms with van der Waals surface area (Å²) in [5.74, 6) is 4.16. The summed E-state index contributed by atoms with van der Waals surface area (Å²) in [6.45, 7) is 0. The van der Waals surface area contributed by atoms with Crippen LogP contribution in [-0.4, -0.2) is 69.1 Å². The van der Waals surface area contributed by atoms with E-state index in [4.69, 9.17) is 43.1 Å². The average Bonchev–Trinajstić information content (AvgIpc) is 3.87. The van der Waals surface area contributed by atoms with E-state index < -0.39 is 43.9 Å². The minimum absolute atomic E-state index is 0. The average molecular weight is 934 g/mol. The van der Waals surface area contributed by atoms with Gasteiger partial charge in [-0.25, -0.2) is 0 Å². The van der Waals surface area contributed by atoms with Crippen LogP contribution in [0.4, 0.5) is 0 Å². The molecule has 0 aromatic heterocycles. The summed E-state index contributed by atoms with van der Waals surface area (Å²) in [4.78, 5) is 0. The van der Waals surface area contributed by atoms with Crippen LogP contribution in [0.2, 0.25) is 0 Å². The van der Waals surface area contributed by atoms with Crippen LogP contribution in [0, 0.1) is 47.3 Å². The molecule has 20 nitrogen and oxygen atoms in total. The fourth-order valence-corrected chi connectivity index (χ4v) is 12.6. The van der Waals surface area contributed by atoms with E-state index in [1.165, 1.54) is 77.0 Å². The summed E-state index contributed by atoms with van der Waals surface area (Å²) in [6, 6.07) is 0. The van der Waals surface area contributed by atoms with Crippen LogP contribution in [0.1, 0.15) is 96.3 Å². The van der Waals surface area contributed by atoms with Crippen molar-refractivity contribution in [3.8, 4) is 0 Å². The summed E-state index contributed by atoms with van der Waals surface area (Å²) in [7, 11) is -11.1. The SMILES string of the molecule is O=[S-](=O)O.O=[S-](=O)O.O=[S-](=O)O.O=[S-](=O)OC1CCCC2C3NC4NC(NC5NC(NC6NC(NC(N3)C12)C1CCCCC61)C1CCCCC51)C1CCCCC41.[Co]. The summed E-state index contributed by atoms with van der Waals surface area (Å²) >= 11 is 0. The Kier molecular flexibility index (Phi) is 18.7. The van der Waals surface area contributed by atoms with Crippen LogP contribution >= 0.6 is 0 Å². The van der Waals surface area contributed by atoms with Gasteiger partial charge in [0.1, 0.15) is 0 Å². The molecule has 9 fully saturated rings. The Bertz CT molecular complexity index is 1550. The van der Waals surface area contributed by atoms with Gasteiger partial charge in [0.25, 0.3) is 0 Å². The van der Waals surface area contributed by atoms with Crippen molar-refractivity contribution in [3.05, 3.63) is 0 Å². The van der Waals surface area contributed by atoms with Crippen molar-refractivity contribution in [2.75, 3.05) is 0 Å². The van der Waals surface area contributed by atoms with Gasteiger partial charge in [-0.1, -0.05) is 44.9 Å². The first-order chi connectivity index (χ1) is 26.8. The van der Waals surface area contributed by atoms with Gasteiger partial charge in [-0.3, -0.25) is 42.5 Å². The van der Waals surface area contributed by atoms with Crippen LogP contribution in [0.15, 0.2) is 0 Å². The predicted molar refractivity (Wildman–Crippen MR) is 200 cm³/mol. The molecule has 57 heavy (non-hydrogen) atoms. The number of nitrogens with one attached hydrogen (secondary N) is 8. The van der Waals surface area contributed by atoms with E-state index in [0.29, 0.717) is 59.9 Å². The number of fused-ring (bicyclic) bond motifs is 20. The molecule has 335 valence electrons. The zero-order chi connectivity index (χ0) is 40.1. The van der Waals surface area contributed by atoms with E-state index in [1.54, 1.807) is 0 Å². The summed E-state index contributed by atoms with van der Waals surface area (Å²) in [6.07, 6.45) is 20.0. The third-order valence-electron chi connectivity index (χ3n) is 14.0. The molecule has 25 heteroatoms. The second-order valence-corrected chi connectivity index (χ2v) is 18.6. The third kappa shape index (κ3) is 12.3. The largest absolute Gasteiger partial charge is 0.439 e. The van der Waals surface area contributed by atoms with Crippen LogP contribution in [-0.2, 0) is 98.6 Å². The van der Waals surface area contributed by atoms with E-state index in [-0.39, 0.29) is 59.6 Å². The monoisotopic (exact) mass is 933 g/mol. The van der Waals surface area contributed by atoms with Gasteiger partial charge in [-0.2, -0.15) is 0 Å². The smallest absolute Gasteiger partial charge is 0.0653 e. The van der Waals surface area contributed by atoms with E-state index in [2.05, 4.69) is 42.5 Å². The molecule has 0 amide bonds. The number of hydrogen-bond acceptors (Lipinski definition) is 21. The van der Waals surface area contributed by atoms with Crippen molar-refractivity contribution in [1.82, 2.24) is 42.5 Å². The van der Waals surface area contributed by atoms with Gasteiger partial charge >= 0.3 is 0 Å². The zero-order valence-electron chi connectivity index (χ0n) is 31.4. The van der Waals surface area contributed by atoms with Crippen LogP contribution in [0.5, 0.6) is 0 Å². The Hall–Kier alpha value is -0.174. The van der Waals surface area contributed by atoms with E-state index >= 15 is 0 Å². The second-order valence-electron chi connectivity index (χ2n) is 16.7. The minimum Gasteiger partial charge on any atom is -0.439 e. The fourth-order valence-electron chi connectivity index (χ4n) is 12.2. The van der Waals surface area contributed by atoms with E-state index in [1.807, 2.05) is 0 Å². The Morgan fingerprint density at radius 1 is 0.351 bits per heavy atom. The third-order valence-corrected chi connectivity index (χ3v) is 14.4. The van der Waals surface area contributed by atoms with Gasteiger partial charge in [0, 0.05) is 61.8 Å². The molecule has 4 saturated carbocycles. The van der Waals surface area contributed by atoms with E-state index in [0.717, 1.165) is 19.3 Å². The minimum atomic E-state index is -2.86. The quantitative estimate of drug-likeness (QED) is 0.105. The van der Waals surface area contributed by atoms with Crippen LogP contribution in [0.3, 0.4) is 0 Å². The van der Waals surface area contributed by atoms with E-state index in [9.17, 15) is 8.42 Å². The topological polar surface area (TPSA) is 303 Å². The molecule has 17 atom stereocenters. The van der Waals surface area contributed by atoms with Gasteiger partial charge in [0.15, 0.2) is 0 Å². The maximum atomic E-state index is 11.8. The van der Waals surface area contributed by atoms with Crippen molar-refractivity contribution >= 4 is 43.9 Å². The molecule has 1 radical (unpaired) electrons. The van der Waals surface area contributed by atoms with Gasteiger partial charge in [-0.15, -0.1) is 0 Å². The first-order valence-electron chi connectivity index (χ1n) is 20.0. The Morgan fingerprint density at radius 3 is 0.842 bits per heavy atom. The van der Waals surface area contributed by atoms with Crippen molar-refractivity contribution in [1.29, 1.82) is 0 Å². The van der Waals surface area contributed by atoms with Gasteiger partial charge < -0.3 is 51.5 Å². The second kappa shape index (κ2) is 22.3. The van der Waals surface area contributed by atoms with Crippen LogP contribution in [0.25, 0.3) is 0 Å². The van der Waals surface area contributed by atoms with Crippen molar-refractivity contribution in [3.63, 3.8) is 0 Å². The molecule has 0 spiro atoms. The number of rotatable bonds is 2. The molecule has 11 N–H and O–H groups in total. The molecule has 5 heterocycles. The van der Waals surface area contributed by atoms with Crippen LogP contribution < -0.4 is 42.5 Å². The first-order valence-corrected chi connectivity index (χ1v) is 24.1. The fraction of sp³-hybridized carbons (Fsp3) is 1.00. The van der Waals surface area contributed by atoms with Crippen molar-refractivity contribution < 1.29 is 68.3 Å². The molecule has 4 aliphatic carbocycles. The standard InChI is InChI=1S/C32H55N8O3S.Co.3HO3S/c41-44(42)43-23-15-7-14-22-24(23)32-39-30-21-13-6-5-12-20(21)28(37-30)35-26-17-9-2-1-8-16(17)25(33-26)34-27-18-10-3-4-11-19(18)29(36-27)38-31(22)40-32;;3*1-4(2)3/h16-40H,1-15H2;;3*(H,1,2,3)/q-1;;3*-1. The molecular formula is C32H58CoN8O12S4-4. The summed E-state index contributed by atoms with van der Waals surface area (Å²) in [5.41, 5.74) is 0. The Labute approximate surface area is 352 Å². The molecule has 17 unspecified atom stereocenters. The van der Waals surface area contributed by atoms with Crippen molar-refractivity contribution in [2.24, 2.45) is 47.3 Å². The maximum Gasteiger partial charge on any atom is 0.0653 e. The molecule has 0 aromatic rings. The molecule has 5 aliphatic heterocycles. The number of hydrogen-bond donors (Lipinski definition) is 11. The molecule has 9 aliphatic rings. The summed E-state index contributed by atoms with van der Waals surface area (Å²) < 4.78 is 102. The summed E-state index contributed by atoms with van der Waals surface area (Å²) in [5, 5.41) is 32.9. The Morgan fingerprint density at radius 2 is 0.579 bits per heavy atom. The van der Waals surface area contributed by atoms with Gasteiger partial charge in [0.2, 0.25) is 0 Å². The molecule has 0 aromatic carbocycles. The molecular weight excluding hydrogens is 876 g/mol. The van der Waals surface area contributed by atoms with Gasteiger partial charge in [0.05, 0.1) is 60.3 Å². The zero-order valence-corrected chi connectivity index (χ0v) is 35.7. The Balaban J connectivity index is 0.000000424. The maximum absolute atomic E-state index is 11.8. The molecule has 8 bridgehead atoms. The first kappa shape index (κ1) is 47.9. The molecule has 9 rings (SSSR count).